The summed E-state index contributed by atoms with van der Waals surface area (Å²) in [4.78, 5) is 35.9. The van der Waals surface area contributed by atoms with E-state index in [2.05, 4.69) is 25.4 Å². The Hall–Kier alpha value is -4.01. The van der Waals surface area contributed by atoms with Gasteiger partial charge in [0.15, 0.2) is 5.65 Å². The van der Waals surface area contributed by atoms with Crippen LogP contribution in [0.1, 0.15) is 12.2 Å². The summed E-state index contributed by atoms with van der Waals surface area (Å²) in [7, 11) is 1.52. The third kappa shape index (κ3) is 3.98. The molecule has 1 amide bonds. The van der Waals surface area contributed by atoms with Gasteiger partial charge in [0, 0.05) is 18.9 Å². The maximum Gasteiger partial charge on any atom is 0.262 e. The first kappa shape index (κ1) is 18.4. The third-order valence-electron chi connectivity index (χ3n) is 4.31. The van der Waals surface area contributed by atoms with Gasteiger partial charge >= 0.3 is 0 Å². The molecule has 0 bridgehead atoms. The molecular weight excluding hydrogens is 372 g/mol. The molecule has 0 aliphatic heterocycles. The minimum absolute atomic E-state index is 0.153. The number of aromatic amines is 1. The summed E-state index contributed by atoms with van der Waals surface area (Å²) in [6.45, 7) is 0. The van der Waals surface area contributed by atoms with Crippen LogP contribution in [0.2, 0.25) is 0 Å². The number of aryl methyl sites for hydroxylation is 1. The van der Waals surface area contributed by atoms with Crippen LogP contribution in [0.5, 0.6) is 5.88 Å². The number of nitrogens with one attached hydrogen (secondary N) is 2. The molecule has 4 aromatic rings. The SMILES string of the molecule is COc1ccc(NC(=O)CCc2nc3c(cnn3-c3ccccc3)c(=O)[nH]2)cn1. The number of amides is 1. The number of anilines is 1. The molecule has 0 aliphatic rings. The molecule has 0 radical (unpaired) electrons. The van der Waals surface area contributed by atoms with E-state index in [1.807, 2.05) is 30.3 Å². The molecule has 2 N–H and O–H groups in total. The maximum absolute atomic E-state index is 12.4. The summed E-state index contributed by atoms with van der Waals surface area (Å²) < 4.78 is 6.60. The van der Waals surface area contributed by atoms with Crippen molar-refractivity contribution in [3.05, 3.63) is 71.0 Å². The van der Waals surface area contributed by atoms with Crippen LogP contribution in [0.3, 0.4) is 0 Å². The van der Waals surface area contributed by atoms with Gasteiger partial charge in [-0.2, -0.15) is 5.10 Å². The number of para-hydroxylation sites is 1. The fraction of sp³-hybridized carbons (Fsp3) is 0.150. The average molecular weight is 390 g/mol. The lowest BCUT2D eigenvalue weighted by atomic mass is 10.2. The molecule has 9 heteroatoms. The first-order valence-electron chi connectivity index (χ1n) is 8.96. The minimum atomic E-state index is -0.285. The summed E-state index contributed by atoms with van der Waals surface area (Å²) in [5, 5.41) is 7.42. The van der Waals surface area contributed by atoms with Gasteiger partial charge in [-0.3, -0.25) is 9.59 Å². The van der Waals surface area contributed by atoms with E-state index in [-0.39, 0.29) is 24.3 Å². The fourth-order valence-electron chi connectivity index (χ4n) is 2.87. The first-order chi connectivity index (χ1) is 14.1. The molecule has 0 unspecified atom stereocenters. The van der Waals surface area contributed by atoms with E-state index >= 15 is 0 Å². The first-order valence-corrected chi connectivity index (χ1v) is 8.96. The second-order valence-electron chi connectivity index (χ2n) is 6.28. The van der Waals surface area contributed by atoms with Gasteiger partial charge in [0.05, 0.1) is 30.9 Å². The Kier molecular flexibility index (Phi) is 5.02. The van der Waals surface area contributed by atoms with Gasteiger partial charge in [-0.1, -0.05) is 18.2 Å². The second kappa shape index (κ2) is 7.93. The molecule has 9 nitrogen and oxygen atoms in total. The van der Waals surface area contributed by atoms with E-state index in [4.69, 9.17) is 4.74 Å². The van der Waals surface area contributed by atoms with E-state index < -0.39 is 0 Å². The molecule has 3 heterocycles. The number of carbonyl (C=O) groups excluding carboxylic acids is 1. The zero-order valence-electron chi connectivity index (χ0n) is 15.6. The molecule has 1 aromatic carbocycles. The molecule has 0 saturated heterocycles. The van der Waals surface area contributed by atoms with Crippen molar-refractivity contribution in [3.8, 4) is 11.6 Å². The Morgan fingerprint density at radius 2 is 2.00 bits per heavy atom. The highest BCUT2D eigenvalue weighted by atomic mass is 16.5. The van der Waals surface area contributed by atoms with E-state index in [1.165, 1.54) is 19.5 Å². The van der Waals surface area contributed by atoms with Crippen molar-refractivity contribution in [2.45, 2.75) is 12.8 Å². The van der Waals surface area contributed by atoms with E-state index in [0.717, 1.165) is 5.69 Å². The topological polar surface area (TPSA) is 115 Å². The summed E-state index contributed by atoms with van der Waals surface area (Å²) in [6, 6.07) is 12.8. The number of carbonyl (C=O) groups is 1. The van der Waals surface area contributed by atoms with Crippen LogP contribution in [0, 0.1) is 0 Å². The smallest absolute Gasteiger partial charge is 0.262 e. The highest BCUT2D eigenvalue weighted by molar-refractivity contribution is 5.90. The van der Waals surface area contributed by atoms with Crippen LogP contribution >= 0.6 is 0 Å². The van der Waals surface area contributed by atoms with Crippen molar-refractivity contribution < 1.29 is 9.53 Å². The number of rotatable bonds is 6. The molecule has 146 valence electrons. The lowest BCUT2D eigenvalue weighted by Gasteiger charge is -2.06. The second-order valence-corrected chi connectivity index (χ2v) is 6.28. The highest BCUT2D eigenvalue weighted by Gasteiger charge is 2.12. The third-order valence-corrected chi connectivity index (χ3v) is 4.31. The quantitative estimate of drug-likeness (QED) is 0.521. The van der Waals surface area contributed by atoms with Crippen molar-refractivity contribution in [2.24, 2.45) is 0 Å². The maximum atomic E-state index is 12.4. The Morgan fingerprint density at radius 1 is 1.17 bits per heavy atom. The van der Waals surface area contributed by atoms with Crippen molar-refractivity contribution in [1.82, 2.24) is 24.7 Å². The van der Waals surface area contributed by atoms with Crippen molar-refractivity contribution in [1.29, 1.82) is 0 Å². The molecule has 0 aliphatic carbocycles. The molecule has 3 aromatic heterocycles. The molecule has 4 rings (SSSR count). The minimum Gasteiger partial charge on any atom is -0.481 e. The summed E-state index contributed by atoms with van der Waals surface area (Å²) in [6.07, 6.45) is 3.43. The fourth-order valence-corrected chi connectivity index (χ4v) is 2.87. The van der Waals surface area contributed by atoms with Crippen LogP contribution in [-0.2, 0) is 11.2 Å². The Labute approximate surface area is 165 Å². The van der Waals surface area contributed by atoms with Crippen molar-refractivity contribution in [2.75, 3.05) is 12.4 Å². The highest BCUT2D eigenvalue weighted by Crippen LogP contribution is 2.14. The largest absolute Gasteiger partial charge is 0.481 e. The number of hydrogen-bond donors (Lipinski definition) is 2. The molecule has 0 spiro atoms. The number of hydrogen-bond acceptors (Lipinski definition) is 6. The lowest BCUT2D eigenvalue weighted by Crippen LogP contribution is -2.16. The number of H-pyrrole nitrogens is 1. The molecular formula is C20H18N6O3. The molecule has 29 heavy (non-hydrogen) atoms. The van der Waals surface area contributed by atoms with Gasteiger partial charge in [0.25, 0.3) is 5.56 Å². The van der Waals surface area contributed by atoms with E-state index in [1.54, 1.807) is 16.8 Å². The number of aromatic nitrogens is 5. The Morgan fingerprint density at radius 3 is 2.72 bits per heavy atom. The van der Waals surface area contributed by atoms with Crippen LogP contribution in [0.25, 0.3) is 16.7 Å². The average Bonchev–Trinajstić information content (AvgIpc) is 3.18. The number of methoxy groups -OCH3 is 1. The van der Waals surface area contributed by atoms with Gasteiger partial charge in [0.1, 0.15) is 11.2 Å². The standard InChI is InChI=1S/C20H18N6O3/c1-29-18-10-7-13(11-21-18)23-17(27)9-8-16-24-19-15(20(28)25-16)12-22-26(19)14-5-3-2-4-6-14/h2-7,10-12H,8-9H2,1H3,(H,23,27)(H,24,25,28). The number of pyridine rings is 1. The predicted molar refractivity (Wildman–Crippen MR) is 107 cm³/mol. The van der Waals surface area contributed by atoms with Crippen LogP contribution in [-0.4, -0.2) is 37.7 Å². The number of nitrogens with zero attached hydrogens (tertiary/aromatic N) is 4. The van der Waals surface area contributed by atoms with Crippen LogP contribution in [0.4, 0.5) is 5.69 Å². The van der Waals surface area contributed by atoms with Crippen LogP contribution < -0.4 is 15.6 Å². The Balaban J connectivity index is 1.50. The monoisotopic (exact) mass is 390 g/mol. The van der Waals surface area contributed by atoms with Gasteiger partial charge in [0.2, 0.25) is 11.8 Å². The van der Waals surface area contributed by atoms with Gasteiger partial charge in [-0.05, 0) is 18.2 Å². The van der Waals surface area contributed by atoms with Gasteiger partial charge in [-0.15, -0.1) is 0 Å². The number of ether oxygens (including phenoxy) is 1. The summed E-state index contributed by atoms with van der Waals surface area (Å²) in [5.41, 5.74) is 1.54. The summed E-state index contributed by atoms with van der Waals surface area (Å²) in [5.74, 6) is 0.674. The van der Waals surface area contributed by atoms with E-state index in [9.17, 15) is 9.59 Å². The Bertz CT molecular complexity index is 1200. The zero-order valence-corrected chi connectivity index (χ0v) is 15.6. The van der Waals surface area contributed by atoms with Gasteiger partial charge < -0.3 is 15.0 Å². The zero-order chi connectivity index (χ0) is 20.2. The van der Waals surface area contributed by atoms with Gasteiger partial charge in [-0.25, -0.2) is 14.6 Å². The molecule has 0 saturated carbocycles. The summed E-state index contributed by atoms with van der Waals surface area (Å²) >= 11 is 0. The molecule has 0 fully saturated rings. The van der Waals surface area contributed by atoms with Crippen LogP contribution in [0.15, 0.2) is 59.7 Å². The van der Waals surface area contributed by atoms with E-state index in [0.29, 0.717) is 28.4 Å². The predicted octanol–water partition coefficient (Wildman–Crippen LogP) is 2.08. The number of benzene rings is 1. The normalized spacial score (nSPS) is 10.8. The van der Waals surface area contributed by atoms with Crippen molar-refractivity contribution in [3.63, 3.8) is 0 Å². The van der Waals surface area contributed by atoms with Crippen molar-refractivity contribution >= 4 is 22.6 Å². The lowest BCUT2D eigenvalue weighted by molar-refractivity contribution is -0.116. The molecule has 0 atom stereocenters. The number of fused-ring (bicyclic) bond motifs is 1.